The number of rotatable bonds is 2. The molecule has 32 heavy (non-hydrogen) atoms. The van der Waals surface area contributed by atoms with Gasteiger partial charge in [-0.3, -0.25) is 4.98 Å². The van der Waals surface area contributed by atoms with Crippen LogP contribution >= 0.6 is 0 Å². The van der Waals surface area contributed by atoms with Crippen LogP contribution in [0.2, 0.25) is 0 Å². The summed E-state index contributed by atoms with van der Waals surface area (Å²) in [6, 6.07) is 0.336. The zero-order valence-electron chi connectivity index (χ0n) is 17.0. The average molecular weight is 478 g/mol. The number of carbonyl (C=O) groups is 1. The number of nitrogens with zero attached hydrogens (tertiary/aromatic N) is 3. The molecule has 176 valence electrons. The Morgan fingerprint density at radius 2 is 1.88 bits per heavy atom. The van der Waals surface area contributed by atoms with Gasteiger partial charge in [0, 0.05) is 37.8 Å². The van der Waals surface area contributed by atoms with Crippen LogP contribution in [-0.4, -0.2) is 73.5 Å². The van der Waals surface area contributed by atoms with E-state index < -0.39 is 33.1 Å². The Balaban J connectivity index is 1.09. The first-order valence-corrected chi connectivity index (χ1v) is 11.9. The van der Waals surface area contributed by atoms with Crippen molar-refractivity contribution in [2.45, 2.75) is 31.0 Å². The van der Waals surface area contributed by atoms with Crippen LogP contribution in [0.4, 0.5) is 22.4 Å². The van der Waals surface area contributed by atoms with Crippen molar-refractivity contribution in [3.63, 3.8) is 0 Å². The maximum atomic E-state index is 14.0. The summed E-state index contributed by atoms with van der Waals surface area (Å²) in [4.78, 5) is 19.6. The van der Waals surface area contributed by atoms with Gasteiger partial charge in [-0.2, -0.15) is 13.2 Å². The number of aromatic nitrogens is 1. The normalized spacial score (nSPS) is 25.9. The molecule has 1 aromatic heterocycles. The van der Waals surface area contributed by atoms with Gasteiger partial charge in [0.05, 0.1) is 23.4 Å². The predicted octanol–water partition coefficient (Wildman–Crippen LogP) is 1.58. The van der Waals surface area contributed by atoms with E-state index in [-0.39, 0.29) is 55.1 Å². The molecule has 3 aliphatic heterocycles. The van der Waals surface area contributed by atoms with E-state index in [0.717, 1.165) is 12.8 Å². The van der Waals surface area contributed by atoms with Gasteiger partial charge >= 0.3 is 12.2 Å². The minimum atomic E-state index is -4.63. The molecule has 0 radical (unpaired) electrons. The van der Waals surface area contributed by atoms with Crippen LogP contribution in [0.3, 0.4) is 0 Å². The molecule has 0 atom stereocenters. The third kappa shape index (κ3) is 3.83. The van der Waals surface area contributed by atoms with Gasteiger partial charge < -0.3 is 14.5 Å². The number of alkyl halides is 3. The maximum absolute atomic E-state index is 14.0. The molecule has 4 aliphatic rings. The number of amides is 2. The lowest BCUT2D eigenvalue weighted by molar-refractivity contribution is -0.138. The molecular formula is C19H22F4N4O4S. The highest BCUT2D eigenvalue weighted by Gasteiger charge is 2.57. The lowest BCUT2D eigenvalue weighted by Crippen LogP contribution is -2.77. The van der Waals surface area contributed by atoms with Gasteiger partial charge in [-0.05, 0) is 31.2 Å². The fourth-order valence-electron chi connectivity index (χ4n) is 5.42. The van der Waals surface area contributed by atoms with Crippen molar-refractivity contribution < 1.29 is 35.5 Å². The summed E-state index contributed by atoms with van der Waals surface area (Å²) in [5.74, 6) is -1.20. The molecule has 0 aromatic carbocycles. The molecular weight excluding hydrogens is 456 g/mol. The molecule has 1 aromatic rings. The highest BCUT2D eigenvalue weighted by molar-refractivity contribution is 7.89. The van der Waals surface area contributed by atoms with Crippen molar-refractivity contribution in [1.29, 1.82) is 0 Å². The number of likely N-dealkylation sites (tertiary alicyclic amines) is 2. The van der Waals surface area contributed by atoms with Gasteiger partial charge in [0.15, 0.2) is 5.94 Å². The van der Waals surface area contributed by atoms with E-state index in [9.17, 15) is 30.8 Å². The summed E-state index contributed by atoms with van der Waals surface area (Å²) in [6.45, 7) is 1.89. The van der Waals surface area contributed by atoms with Crippen LogP contribution in [0.15, 0.2) is 12.3 Å². The van der Waals surface area contributed by atoms with Gasteiger partial charge in [0.2, 0.25) is 10.0 Å². The molecule has 2 spiro atoms. The van der Waals surface area contributed by atoms with Crippen molar-refractivity contribution in [2.24, 2.45) is 11.3 Å². The number of halogens is 4. The summed E-state index contributed by atoms with van der Waals surface area (Å²) in [5.41, 5.74) is -1.83. The van der Waals surface area contributed by atoms with Crippen molar-refractivity contribution in [2.75, 3.05) is 38.7 Å². The fraction of sp³-hybridized carbons (Fsp3) is 0.684. The minimum Gasteiger partial charge on any atom is -0.362 e. The van der Waals surface area contributed by atoms with Crippen LogP contribution < -0.4 is 4.72 Å². The Labute approximate surface area is 182 Å². The van der Waals surface area contributed by atoms with Crippen LogP contribution in [-0.2, 0) is 27.4 Å². The van der Waals surface area contributed by atoms with Crippen LogP contribution in [0.25, 0.3) is 0 Å². The number of pyridine rings is 1. The number of sulfonamides is 1. The van der Waals surface area contributed by atoms with E-state index in [4.69, 9.17) is 4.74 Å². The van der Waals surface area contributed by atoms with E-state index in [1.165, 1.54) is 0 Å². The highest BCUT2D eigenvalue weighted by Crippen LogP contribution is 2.53. The maximum Gasteiger partial charge on any atom is 0.417 e. The third-order valence-electron chi connectivity index (χ3n) is 6.74. The van der Waals surface area contributed by atoms with Crippen molar-refractivity contribution in [3.8, 4) is 0 Å². The summed E-state index contributed by atoms with van der Waals surface area (Å²) >= 11 is 0. The van der Waals surface area contributed by atoms with E-state index in [0.29, 0.717) is 25.4 Å². The van der Waals surface area contributed by atoms with Crippen LogP contribution in [0, 0.1) is 17.2 Å². The fourth-order valence-corrected chi connectivity index (χ4v) is 6.63. The van der Waals surface area contributed by atoms with Gasteiger partial charge in [0.1, 0.15) is 5.82 Å². The number of ether oxygens (including phenoxy) is 1. The second kappa shape index (κ2) is 7.00. The van der Waals surface area contributed by atoms with Crippen molar-refractivity contribution in [1.82, 2.24) is 19.5 Å². The van der Waals surface area contributed by atoms with Gasteiger partial charge in [-0.25, -0.2) is 22.3 Å². The van der Waals surface area contributed by atoms with Gasteiger partial charge in [-0.1, -0.05) is 0 Å². The van der Waals surface area contributed by atoms with Gasteiger partial charge in [-0.15, -0.1) is 0 Å². The lowest BCUT2D eigenvalue weighted by Gasteiger charge is -2.61. The topological polar surface area (TPSA) is 91.8 Å². The molecule has 8 nitrogen and oxygen atoms in total. The Bertz CT molecular complexity index is 1040. The molecule has 0 bridgehead atoms. The molecule has 2 amide bonds. The van der Waals surface area contributed by atoms with E-state index in [2.05, 4.69) is 9.71 Å². The standard InChI is InChI=1S/C19H22F4N4O4S/c20-14-2-13(19(21,22)23)5-24-15(14)1-12-3-17(4-12)6-26(7-17)16(28)27-8-18(9-27)10-31-11-32(29,30)25-18/h2,5,12,25H,1,3-4,6-11H2. The Morgan fingerprint density at radius 1 is 1.22 bits per heavy atom. The third-order valence-corrected chi connectivity index (χ3v) is 7.96. The minimum absolute atomic E-state index is 0.0270. The zero-order chi connectivity index (χ0) is 22.9. The van der Waals surface area contributed by atoms with E-state index >= 15 is 0 Å². The second-order valence-electron chi connectivity index (χ2n) is 9.59. The zero-order valence-corrected chi connectivity index (χ0v) is 17.8. The number of hydrogen-bond donors (Lipinski definition) is 1. The first kappa shape index (κ1) is 21.8. The number of carbonyl (C=O) groups excluding carboxylic acids is 1. The monoisotopic (exact) mass is 478 g/mol. The predicted molar refractivity (Wildman–Crippen MR) is 102 cm³/mol. The molecule has 1 aliphatic carbocycles. The quantitative estimate of drug-likeness (QED) is 0.652. The van der Waals surface area contributed by atoms with Crippen molar-refractivity contribution in [3.05, 3.63) is 29.3 Å². The summed E-state index contributed by atoms with van der Waals surface area (Å²) < 4.78 is 83.0. The largest absolute Gasteiger partial charge is 0.417 e. The number of nitrogens with one attached hydrogen (secondary N) is 1. The van der Waals surface area contributed by atoms with Gasteiger partial charge in [0.25, 0.3) is 0 Å². The molecule has 4 heterocycles. The molecule has 5 rings (SSSR count). The average Bonchev–Trinajstić information content (AvgIpc) is 2.59. The molecule has 4 fully saturated rings. The molecule has 0 unspecified atom stereocenters. The Morgan fingerprint density at radius 3 is 2.47 bits per heavy atom. The second-order valence-corrected chi connectivity index (χ2v) is 11.3. The van der Waals surface area contributed by atoms with Crippen LogP contribution in [0.5, 0.6) is 0 Å². The molecule has 13 heteroatoms. The summed E-state index contributed by atoms with van der Waals surface area (Å²) in [5, 5.41) is 0. The first-order chi connectivity index (χ1) is 14.9. The first-order valence-electron chi connectivity index (χ1n) is 10.2. The molecule has 3 saturated heterocycles. The Hall–Kier alpha value is -1.99. The van der Waals surface area contributed by atoms with Crippen molar-refractivity contribution >= 4 is 16.1 Å². The lowest BCUT2D eigenvalue weighted by atomic mass is 9.57. The summed E-state index contributed by atoms with van der Waals surface area (Å²) in [6.07, 6.45) is -2.17. The van der Waals surface area contributed by atoms with Crippen LogP contribution in [0.1, 0.15) is 24.1 Å². The smallest absolute Gasteiger partial charge is 0.362 e. The highest BCUT2D eigenvalue weighted by atomic mass is 32.2. The number of hydrogen-bond acceptors (Lipinski definition) is 5. The molecule has 1 N–H and O–H groups in total. The van der Waals surface area contributed by atoms with E-state index in [1.54, 1.807) is 9.80 Å². The Kier molecular flexibility index (Phi) is 4.78. The van der Waals surface area contributed by atoms with E-state index in [1.807, 2.05) is 0 Å². The number of urea groups is 1. The SMILES string of the molecule is O=C(N1CC2(CC(Cc3ncc(C(F)(F)F)cc3F)C2)C1)N1CC2(COCS(=O)(=O)N2)C1. The summed E-state index contributed by atoms with van der Waals surface area (Å²) in [7, 11) is -3.48. The molecule has 1 saturated carbocycles.